The molecule has 1 aliphatic carbocycles. The predicted molar refractivity (Wildman–Crippen MR) is 48.2 cm³/mol. The van der Waals surface area contributed by atoms with Gasteiger partial charge < -0.3 is 0 Å². The fourth-order valence-electron chi connectivity index (χ4n) is 2.00. The SMILES string of the molecule is CCc1nnc(C)c2c1CCC2. The molecule has 2 rings (SSSR count). The predicted octanol–water partition coefficient (Wildman–Crippen LogP) is 1.84. The van der Waals surface area contributed by atoms with E-state index < -0.39 is 0 Å². The van der Waals surface area contributed by atoms with Crippen molar-refractivity contribution in [3.63, 3.8) is 0 Å². The van der Waals surface area contributed by atoms with Gasteiger partial charge in [-0.15, -0.1) is 0 Å². The van der Waals surface area contributed by atoms with Crippen LogP contribution >= 0.6 is 0 Å². The van der Waals surface area contributed by atoms with Gasteiger partial charge in [0.05, 0.1) is 11.4 Å². The van der Waals surface area contributed by atoms with Crippen molar-refractivity contribution in [3.05, 3.63) is 22.5 Å². The summed E-state index contributed by atoms with van der Waals surface area (Å²) >= 11 is 0. The maximum atomic E-state index is 4.22. The van der Waals surface area contributed by atoms with Crippen molar-refractivity contribution < 1.29 is 0 Å². The van der Waals surface area contributed by atoms with Crippen LogP contribution in [0.1, 0.15) is 35.9 Å². The van der Waals surface area contributed by atoms with Crippen LogP contribution in [0.25, 0.3) is 0 Å². The zero-order valence-electron chi connectivity index (χ0n) is 7.72. The normalized spacial score (nSPS) is 14.8. The molecule has 0 N–H and O–H groups in total. The first kappa shape index (κ1) is 7.71. The summed E-state index contributed by atoms with van der Waals surface area (Å²) in [6.45, 7) is 4.22. The van der Waals surface area contributed by atoms with Gasteiger partial charge >= 0.3 is 0 Å². The molecular formula is C10H14N2. The number of rotatable bonds is 1. The largest absolute Gasteiger partial charge is 0.155 e. The van der Waals surface area contributed by atoms with Gasteiger partial charge in [0.2, 0.25) is 0 Å². The lowest BCUT2D eigenvalue weighted by Gasteiger charge is -2.05. The lowest BCUT2D eigenvalue weighted by atomic mass is 10.1. The van der Waals surface area contributed by atoms with Gasteiger partial charge in [-0.25, -0.2) is 0 Å². The summed E-state index contributed by atoms with van der Waals surface area (Å²) in [5.41, 5.74) is 5.32. The van der Waals surface area contributed by atoms with E-state index in [0.29, 0.717) is 0 Å². The summed E-state index contributed by atoms with van der Waals surface area (Å²) in [4.78, 5) is 0. The minimum absolute atomic E-state index is 1.02. The Balaban J connectivity index is 2.57. The molecule has 1 heterocycles. The average molecular weight is 162 g/mol. The van der Waals surface area contributed by atoms with E-state index in [-0.39, 0.29) is 0 Å². The third-order valence-electron chi connectivity index (χ3n) is 2.66. The molecule has 12 heavy (non-hydrogen) atoms. The quantitative estimate of drug-likeness (QED) is 0.629. The maximum absolute atomic E-state index is 4.22. The van der Waals surface area contributed by atoms with Crippen molar-refractivity contribution in [2.45, 2.75) is 39.5 Å². The van der Waals surface area contributed by atoms with Gasteiger partial charge in [0, 0.05) is 0 Å². The molecule has 0 aliphatic heterocycles. The second-order valence-electron chi connectivity index (χ2n) is 3.40. The number of aromatic nitrogens is 2. The smallest absolute Gasteiger partial charge is 0.0663 e. The molecule has 2 nitrogen and oxygen atoms in total. The minimum Gasteiger partial charge on any atom is -0.155 e. The highest BCUT2D eigenvalue weighted by molar-refractivity contribution is 5.36. The summed E-state index contributed by atoms with van der Waals surface area (Å²) in [6.07, 6.45) is 4.74. The Morgan fingerprint density at radius 3 is 2.67 bits per heavy atom. The van der Waals surface area contributed by atoms with E-state index in [2.05, 4.69) is 24.0 Å². The van der Waals surface area contributed by atoms with E-state index in [4.69, 9.17) is 0 Å². The minimum atomic E-state index is 1.02. The van der Waals surface area contributed by atoms with Crippen LogP contribution in [0.3, 0.4) is 0 Å². The van der Waals surface area contributed by atoms with Gasteiger partial charge in [0.15, 0.2) is 0 Å². The van der Waals surface area contributed by atoms with Gasteiger partial charge in [-0.3, -0.25) is 0 Å². The Morgan fingerprint density at radius 2 is 1.92 bits per heavy atom. The standard InChI is InChI=1S/C10H14N2/c1-3-10-9-6-4-5-8(9)7(2)11-12-10/h3-6H2,1-2H3. The molecule has 2 heteroatoms. The highest BCUT2D eigenvalue weighted by Gasteiger charge is 2.17. The molecule has 1 aromatic heterocycles. The Labute approximate surface area is 73.0 Å². The third kappa shape index (κ3) is 1.02. The van der Waals surface area contributed by atoms with Crippen LogP contribution in [0.2, 0.25) is 0 Å². The fourth-order valence-corrected chi connectivity index (χ4v) is 2.00. The van der Waals surface area contributed by atoms with Gasteiger partial charge in [-0.2, -0.15) is 10.2 Å². The molecule has 0 spiro atoms. The first-order chi connectivity index (χ1) is 5.83. The van der Waals surface area contributed by atoms with Gasteiger partial charge in [0.1, 0.15) is 0 Å². The molecule has 1 aromatic rings. The Kier molecular flexibility index (Phi) is 1.83. The molecule has 0 aromatic carbocycles. The first-order valence-corrected chi connectivity index (χ1v) is 4.66. The second kappa shape index (κ2) is 2.85. The van der Waals surface area contributed by atoms with Gasteiger partial charge in [-0.05, 0) is 43.7 Å². The number of fused-ring (bicyclic) bond motifs is 1. The van der Waals surface area contributed by atoms with Crippen LogP contribution in [-0.4, -0.2) is 10.2 Å². The van der Waals surface area contributed by atoms with Crippen LogP contribution in [0.15, 0.2) is 0 Å². The lowest BCUT2D eigenvalue weighted by molar-refractivity contribution is 0.860. The molecule has 0 radical (unpaired) electrons. The van der Waals surface area contributed by atoms with Crippen molar-refractivity contribution in [3.8, 4) is 0 Å². The van der Waals surface area contributed by atoms with Crippen LogP contribution in [0.5, 0.6) is 0 Å². The van der Waals surface area contributed by atoms with Crippen molar-refractivity contribution in [1.82, 2.24) is 10.2 Å². The number of aryl methyl sites for hydroxylation is 2. The topological polar surface area (TPSA) is 25.8 Å². The summed E-state index contributed by atoms with van der Waals surface area (Å²) in [6, 6.07) is 0. The summed E-state index contributed by atoms with van der Waals surface area (Å²) in [5, 5.41) is 8.39. The van der Waals surface area contributed by atoms with Crippen LogP contribution in [-0.2, 0) is 19.3 Å². The van der Waals surface area contributed by atoms with Crippen molar-refractivity contribution >= 4 is 0 Å². The van der Waals surface area contributed by atoms with E-state index in [1.165, 1.54) is 36.1 Å². The van der Waals surface area contributed by atoms with Crippen molar-refractivity contribution in [2.75, 3.05) is 0 Å². The summed E-state index contributed by atoms with van der Waals surface area (Å²) < 4.78 is 0. The Bertz CT molecular complexity index is 305. The molecule has 64 valence electrons. The van der Waals surface area contributed by atoms with Crippen LogP contribution < -0.4 is 0 Å². The fraction of sp³-hybridized carbons (Fsp3) is 0.600. The van der Waals surface area contributed by atoms with E-state index in [0.717, 1.165) is 12.1 Å². The van der Waals surface area contributed by atoms with Gasteiger partial charge in [0.25, 0.3) is 0 Å². The number of hydrogen-bond donors (Lipinski definition) is 0. The molecular weight excluding hydrogens is 148 g/mol. The first-order valence-electron chi connectivity index (χ1n) is 4.66. The average Bonchev–Trinajstić information content (AvgIpc) is 2.54. The Hall–Kier alpha value is -0.920. The number of nitrogens with zero attached hydrogens (tertiary/aromatic N) is 2. The third-order valence-corrected chi connectivity index (χ3v) is 2.66. The summed E-state index contributed by atoms with van der Waals surface area (Å²) in [5.74, 6) is 0. The van der Waals surface area contributed by atoms with Gasteiger partial charge in [-0.1, -0.05) is 6.92 Å². The van der Waals surface area contributed by atoms with Crippen LogP contribution in [0.4, 0.5) is 0 Å². The van der Waals surface area contributed by atoms with E-state index >= 15 is 0 Å². The van der Waals surface area contributed by atoms with Crippen molar-refractivity contribution in [2.24, 2.45) is 0 Å². The molecule has 0 atom stereocenters. The molecule has 0 amide bonds. The molecule has 0 fully saturated rings. The van der Waals surface area contributed by atoms with E-state index in [1.54, 1.807) is 0 Å². The molecule has 1 aliphatic rings. The van der Waals surface area contributed by atoms with E-state index in [9.17, 15) is 0 Å². The summed E-state index contributed by atoms with van der Waals surface area (Å²) in [7, 11) is 0. The molecule has 0 saturated carbocycles. The molecule has 0 bridgehead atoms. The molecule has 0 saturated heterocycles. The highest BCUT2D eigenvalue weighted by Crippen LogP contribution is 2.25. The zero-order chi connectivity index (χ0) is 8.55. The number of hydrogen-bond acceptors (Lipinski definition) is 2. The van der Waals surface area contributed by atoms with Crippen LogP contribution in [0, 0.1) is 6.92 Å². The van der Waals surface area contributed by atoms with E-state index in [1.807, 2.05) is 0 Å². The maximum Gasteiger partial charge on any atom is 0.0663 e. The Morgan fingerprint density at radius 1 is 1.17 bits per heavy atom. The second-order valence-corrected chi connectivity index (χ2v) is 3.40. The zero-order valence-corrected chi connectivity index (χ0v) is 7.72. The highest BCUT2D eigenvalue weighted by atomic mass is 15.1. The molecule has 0 unspecified atom stereocenters. The monoisotopic (exact) mass is 162 g/mol. The lowest BCUT2D eigenvalue weighted by Crippen LogP contribution is -2.01. The van der Waals surface area contributed by atoms with Crippen molar-refractivity contribution in [1.29, 1.82) is 0 Å².